The second-order valence-corrected chi connectivity index (χ2v) is 8.34. The fraction of sp³-hybridized carbons (Fsp3) is 0.435. The van der Waals surface area contributed by atoms with Gasteiger partial charge in [-0.1, -0.05) is 11.6 Å². The molecule has 0 spiro atoms. The maximum Gasteiger partial charge on any atom is 0.215 e. The number of ether oxygens (including phenoxy) is 3. The van der Waals surface area contributed by atoms with E-state index in [1.54, 1.807) is 13.2 Å². The first-order chi connectivity index (χ1) is 15.5. The largest absolute Gasteiger partial charge is 0.492 e. The molecule has 0 amide bonds. The van der Waals surface area contributed by atoms with Gasteiger partial charge in [-0.3, -0.25) is 4.90 Å². The number of likely N-dealkylation sites (tertiary alicyclic amines) is 1. The van der Waals surface area contributed by atoms with Crippen LogP contribution in [0.15, 0.2) is 30.7 Å². The molecule has 4 rings (SSSR count). The van der Waals surface area contributed by atoms with E-state index in [9.17, 15) is 0 Å². The lowest BCUT2D eigenvalue weighted by molar-refractivity contribution is 0.231. The summed E-state index contributed by atoms with van der Waals surface area (Å²) in [7, 11) is 1.56. The number of rotatable bonds is 9. The fourth-order valence-corrected chi connectivity index (χ4v) is 3.86. The average molecular weight is 458 g/mol. The molecule has 0 unspecified atom stereocenters. The Labute approximate surface area is 192 Å². The zero-order valence-electron chi connectivity index (χ0n) is 18.6. The summed E-state index contributed by atoms with van der Waals surface area (Å²) in [4.78, 5) is 15.4. The maximum absolute atomic E-state index is 6.34. The zero-order valence-corrected chi connectivity index (χ0v) is 19.4. The van der Waals surface area contributed by atoms with Gasteiger partial charge in [-0.05, 0) is 39.8 Å². The van der Waals surface area contributed by atoms with Crippen molar-refractivity contribution in [2.45, 2.75) is 32.8 Å². The molecule has 0 radical (unpaired) electrons. The van der Waals surface area contributed by atoms with E-state index in [-0.39, 0.29) is 6.10 Å². The Morgan fingerprint density at radius 3 is 2.69 bits per heavy atom. The Bertz CT molecular complexity index is 1070. The van der Waals surface area contributed by atoms with E-state index < -0.39 is 0 Å². The lowest BCUT2D eigenvalue weighted by Crippen LogP contribution is -2.25. The monoisotopic (exact) mass is 457 g/mol. The molecule has 2 aromatic heterocycles. The minimum absolute atomic E-state index is 0.0317. The highest BCUT2D eigenvalue weighted by Gasteiger charge is 2.17. The van der Waals surface area contributed by atoms with Crippen molar-refractivity contribution in [3.05, 3.63) is 35.7 Å². The third-order valence-electron chi connectivity index (χ3n) is 5.21. The van der Waals surface area contributed by atoms with Crippen LogP contribution in [0.2, 0.25) is 5.02 Å². The number of hydrogen-bond acceptors (Lipinski definition) is 8. The second-order valence-electron chi connectivity index (χ2n) is 7.93. The van der Waals surface area contributed by atoms with Gasteiger partial charge in [0, 0.05) is 24.7 Å². The van der Waals surface area contributed by atoms with Gasteiger partial charge in [-0.25, -0.2) is 15.0 Å². The van der Waals surface area contributed by atoms with Crippen LogP contribution in [0.1, 0.15) is 26.7 Å². The number of hydrogen-bond donors (Lipinski definition) is 1. The van der Waals surface area contributed by atoms with E-state index >= 15 is 0 Å². The normalized spacial score (nSPS) is 14.2. The summed E-state index contributed by atoms with van der Waals surface area (Å²) in [5.74, 6) is 2.39. The van der Waals surface area contributed by atoms with Crippen molar-refractivity contribution in [2.24, 2.45) is 0 Å². The Morgan fingerprint density at radius 1 is 1.12 bits per heavy atom. The molecule has 170 valence electrons. The molecular formula is C23H28ClN5O3. The summed E-state index contributed by atoms with van der Waals surface area (Å²) >= 11 is 6.34. The molecule has 1 aromatic carbocycles. The molecule has 0 bridgehead atoms. The van der Waals surface area contributed by atoms with E-state index in [0.29, 0.717) is 40.3 Å². The minimum atomic E-state index is -0.0317. The molecule has 0 saturated carbocycles. The summed E-state index contributed by atoms with van der Waals surface area (Å²) in [6.07, 6.45) is 5.54. The van der Waals surface area contributed by atoms with Gasteiger partial charge in [0.2, 0.25) is 5.88 Å². The van der Waals surface area contributed by atoms with Crippen molar-refractivity contribution in [2.75, 3.05) is 38.7 Å². The first-order valence-electron chi connectivity index (χ1n) is 10.8. The third-order valence-corrected chi connectivity index (χ3v) is 5.51. The van der Waals surface area contributed by atoms with E-state index in [0.717, 1.165) is 30.8 Å². The number of halogens is 1. The maximum atomic E-state index is 6.34. The van der Waals surface area contributed by atoms with Crippen LogP contribution in [0.25, 0.3) is 10.9 Å². The smallest absolute Gasteiger partial charge is 0.215 e. The van der Waals surface area contributed by atoms with Crippen molar-refractivity contribution in [1.82, 2.24) is 19.9 Å². The van der Waals surface area contributed by atoms with Crippen molar-refractivity contribution < 1.29 is 14.2 Å². The molecule has 0 aliphatic carbocycles. The third kappa shape index (κ3) is 5.31. The molecular weight excluding hydrogens is 430 g/mol. The van der Waals surface area contributed by atoms with Gasteiger partial charge in [0.15, 0.2) is 0 Å². The molecule has 1 aliphatic heterocycles. The number of methoxy groups -OCH3 is 1. The van der Waals surface area contributed by atoms with Gasteiger partial charge in [-0.2, -0.15) is 0 Å². The van der Waals surface area contributed by atoms with Crippen LogP contribution < -0.4 is 19.5 Å². The quantitative estimate of drug-likeness (QED) is 0.495. The van der Waals surface area contributed by atoms with Crippen LogP contribution in [0, 0.1) is 0 Å². The first kappa shape index (κ1) is 22.4. The lowest BCUT2D eigenvalue weighted by atomic mass is 10.2. The number of pyridine rings is 1. The number of nitrogens with zero attached hydrogens (tertiary/aromatic N) is 4. The molecule has 0 atom stereocenters. The Balaban J connectivity index is 1.65. The van der Waals surface area contributed by atoms with Gasteiger partial charge in [0.25, 0.3) is 0 Å². The molecule has 32 heavy (non-hydrogen) atoms. The van der Waals surface area contributed by atoms with Crippen molar-refractivity contribution in [1.29, 1.82) is 0 Å². The summed E-state index contributed by atoms with van der Waals surface area (Å²) < 4.78 is 17.4. The van der Waals surface area contributed by atoms with Crippen LogP contribution in [-0.2, 0) is 0 Å². The predicted molar refractivity (Wildman–Crippen MR) is 126 cm³/mol. The first-order valence-corrected chi connectivity index (χ1v) is 11.2. The summed E-state index contributed by atoms with van der Waals surface area (Å²) in [6.45, 7) is 7.79. The van der Waals surface area contributed by atoms with Crippen molar-refractivity contribution in [3.63, 3.8) is 0 Å². The highest BCUT2D eigenvalue weighted by atomic mass is 35.5. The molecule has 3 heterocycles. The topological polar surface area (TPSA) is 81.6 Å². The predicted octanol–water partition coefficient (Wildman–Crippen LogP) is 4.69. The van der Waals surface area contributed by atoms with E-state index in [2.05, 4.69) is 25.2 Å². The Kier molecular flexibility index (Phi) is 7.12. The minimum Gasteiger partial charge on any atom is -0.492 e. The van der Waals surface area contributed by atoms with Crippen molar-refractivity contribution >= 4 is 34.0 Å². The number of benzene rings is 1. The Morgan fingerprint density at radius 2 is 1.94 bits per heavy atom. The van der Waals surface area contributed by atoms with Gasteiger partial charge in [0.1, 0.15) is 30.3 Å². The van der Waals surface area contributed by atoms with Crippen LogP contribution in [0.4, 0.5) is 11.5 Å². The standard InChI is InChI=1S/C23H28ClN5O3/c1-15(2)32-20-11-16(31-9-8-29-6-4-5-7-29)10-19-22(20)23(27-14-26-19)28-18-12-21(30-3)25-13-17(18)24/h10-15H,4-9H2,1-3H3,(H,25,26,27,28). The highest BCUT2D eigenvalue weighted by Crippen LogP contribution is 2.37. The Hall–Kier alpha value is -2.84. The summed E-state index contributed by atoms with van der Waals surface area (Å²) in [5, 5.41) is 4.47. The molecule has 1 aliphatic rings. The fourth-order valence-electron chi connectivity index (χ4n) is 3.71. The van der Waals surface area contributed by atoms with Crippen molar-refractivity contribution in [3.8, 4) is 17.4 Å². The van der Waals surface area contributed by atoms with E-state index in [4.69, 9.17) is 25.8 Å². The van der Waals surface area contributed by atoms with Gasteiger partial charge in [-0.15, -0.1) is 0 Å². The number of fused-ring (bicyclic) bond motifs is 1. The lowest BCUT2D eigenvalue weighted by Gasteiger charge is -2.18. The van der Waals surface area contributed by atoms with E-state index in [1.807, 2.05) is 26.0 Å². The zero-order chi connectivity index (χ0) is 22.5. The number of aromatic nitrogens is 3. The number of nitrogens with one attached hydrogen (secondary N) is 1. The average Bonchev–Trinajstić information content (AvgIpc) is 3.28. The molecule has 1 saturated heterocycles. The summed E-state index contributed by atoms with van der Waals surface area (Å²) in [6, 6.07) is 5.53. The van der Waals surface area contributed by atoms with E-state index in [1.165, 1.54) is 25.4 Å². The van der Waals surface area contributed by atoms with Gasteiger partial charge in [0.05, 0.1) is 41.0 Å². The van der Waals surface area contributed by atoms with Crippen LogP contribution in [-0.4, -0.2) is 59.3 Å². The summed E-state index contributed by atoms with van der Waals surface area (Å²) in [5.41, 5.74) is 1.34. The molecule has 3 aromatic rings. The van der Waals surface area contributed by atoms with Crippen LogP contribution in [0.5, 0.6) is 17.4 Å². The molecule has 8 nitrogen and oxygen atoms in total. The second kappa shape index (κ2) is 10.2. The molecule has 1 N–H and O–H groups in total. The van der Waals surface area contributed by atoms with Gasteiger partial charge < -0.3 is 19.5 Å². The number of anilines is 2. The van der Waals surface area contributed by atoms with Crippen LogP contribution >= 0.6 is 11.6 Å². The highest BCUT2D eigenvalue weighted by molar-refractivity contribution is 6.33. The molecule has 1 fully saturated rings. The SMILES string of the molecule is COc1cc(Nc2ncnc3cc(OCCN4CCCC4)cc(OC(C)C)c23)c(Cl)cn1. The molecule has 9 heteroatoms. The van der Waals surface area contributed by atoms with Crippen LogP contribution in [0.3, 0.4) is 0 Å². The van der Waals surface area contributed by atoms with Gasteiger partial charge >= 0.3 is 0 Å².